The van der Waals surface area contributed by atoms with E-state index in [1.54, 1.807) is 6.92 Å². The van der Waals surface area contributed by atoms with Gasteiger partial charge in [-0.3, -0.25) is 9.59 Å². The van der Waals surface area contributed by atoms with Crippen LogP contribution in [0.15, 0.2) is 11.1 Å². The van der Waals surface area contributed by atoms with Crippen LogP contribution in [0.3, 0.4) is 0 Å². The highest BCUT2D eigenvalue weighted by Crippen LogP contribution is 2.55. The van der Waals surface area contributed by atoms with Crippen molar-refractivity contribution in [2.75, 3.05) is 0 Å². The molecule has 1 saturated carbocycles. The molecule has 2 fully saturated rings. The molecule has 0 unspecified atom stereocenters. The monoisotopic (exact) mass is 276 g/mol. The van der Waals surface area contributed by atoms with E-state index in [4.69, 9.17) is 4.74 Å². The number of aldehydes is 1. The molecule has 2 aliphatic carbocycles. The van der Waals surface area contributed by atoms with Crippen LogP contribution in [0.5, 0.6) is 0 Å². The van der Waals surface area contributed by atoms with E-state index in [0.717, 1.165) is 31.1 Å². The van der Waals surface area contributed by atoms with E-state index in [1.807, 2.05) is 0 Å². The summed E-state index contributed by atoms with van der Waals surface area (Å²) >= 11 is 0. The fourth-order valence-corrected chi connectivity index (χ4v) is 4.64. The van der Waals surface area contributed by atoms with Crippen molar-refractivity contribution >= 4 is 12.1 Å². The topological polar surface area (TPSA) is 43.4 Å². The Morgan fingerprint density at radius 1 is 1.35 bits per heavy atom. The third-order valence-corrected chi connectivity index (χ3v) is 5.58. The summed E-state index contributed by atoms with van der Waals surface area (Å²) in [5.74, 6) is 0.899. The molecule has 0 aromatic carbocycles. The van der Waals surface area contributed by atoms with E-state index in [-0.39, 0.29) is 23.2 Å². The average molecular weight is 276 g/mol. The highest BCUT2D eigenvalue weighted by Gasteiger charge is 2.51. The SMILES string of the molecule is CC(=O)[C@@H]1O[C@H]2C[C@@H]1C(C=O)=C1CC(C)(C)C[C@H]1[C@H]2C. The average Bonchev–Trinajstić information content (AvgIpc) is 2.89. The van der Waals surface area contributed by atoms with Crippen LogP contribution >= 0.6 is 0 Å². The maximum atomic E-state index is 11.8. The smallest absolute Gasteiger partial charge is 0.159 e. The highest BCUT2D eigenvalue weighted by atomic mass is 16.5. The summed E-state index contributed by atoms with van der Waals surface area (Å²) in [5, 5.41) is 0. The molecule has 1 heterocycles. The zero-order valence-corrected chi connectivity index (χ0v) is 12.8. The maximum Gasteiger partial charge on any atom is 0.159 e. The molecule has 1 saturated heterocycles. The molecule has 3 aliphatic rings. The minimum Gasteiger partial charge on any atom is -0.366 e. The molecule has 0 aromatic rings. The van der Waals surface area contributed by atoms with Crippen LogP contribution in [0.4, 0.5) is 0 Å². The Balaban J connectivity index is 2.09. The van der Waals surface area contributed by atoms with Gasteiger partial charge in [-0.15, -0.1) is 0 Å². The maximum absolute atomic E-state index is 11.8. The number of fused-ring (bicyclic) bond motifs is 3. The van der Waals surface area contributed by atoms with Crippen LogP contribution in [0.25, 0.3) is 0 Å². The van der Waals surface area contributed by atoms with Gasteiger partial charge in [0.05, 0.1) is 6.10 Å². The molecule has 20 heavy (non-hydrogen) atoms. The lowest BCUT2D eigenvalue weighted by Crippen LogP contribution is -2.31. The molecule has 3 nitrogen and oxygen atoms in total. The summed E-state index contributed by atoms with van der Waals surface area (Å²) in [6.07, 6.45) is 3.68. The van der Waals surface area contributed by atoms with Gasteiger partial charge in [-0.1, -0.05) is 26.3 Å². The lowest BCUT2D eigenvalue weighted by molar-refractivity contribution is -0.130. The molecule has 0 radical (unpaired) electrons. The van der Waals surface area contributed by atoms with Gasteiger partial charge in [-0.2, -0.15) is 0 Å². The van der Waals surface area contributed by atoms with E-state index >= 15 is 0 Å². The molecular weight excluding hydrogens is 252 g/mol. The Labute approximate surface area is 120 Å². The van der Waals surface area contributed by atoms with Gasteiger partial charge in [0.15, 0.2) is 5.78 Å². The predicted octanol–water partition coefficient (Wildman–Crippen LogP) is 2.93. The third kappa shape index (κ3) is 1.98. The number of hydrogen-bond acceptors (Lipinski definition) is 3. The van der Waals surface area contributed by atoms with Crippen LogP contribution < -0.4 is 0 Å². The zero-order chi connectivity index (χ0) is 14.7. The highest BCUT2D eigenvalue weighted by molar-refractivity contribution is 5.85. The number of ketones is 1. The number of carbonyl (C=O) groups excluding carboxylic acids is 2. The number of ether oxygens (including phenoxy) is 1. The Bertz CT molecular complexity index is 488. The molecule has 0 amide bonds. The fraction of sp³-hybridized carbons (Fsp3) is 0.765. The van der Waals surface area contributed by atoms with Crippen molar-refractivity contribution in [3.05, 3.63) is 11.1 Å². The van der Waals surface area contributed by atoms with Crippen molar-refractivity contribution in [2.24, 2.45) is 23.2 Å². The van der Waals surface area contributed by atoms with Crippen molar-refractivity contribution in [2.45, 2.75) is 59.2 Å². The summed E-state index contributed by atoms with van der Waals surface area (Å²) < 4.78 is 6.00. The molecule has 3 rings (SSSR count). The normalized spacial score (nSPS) is 42.3. The quantitative estimate of drug-likeness (QED) is 0.728. The molecular formula is C17H24O3. The first-order valence-electron chi connectivity index (χ1n) is 7.68. The molecule has 3 heteroatoms. The summed E-state index contributed by atoms with van der Waals surface area (Å²) in [4.78, 5) is 23.5. The zero-order valence-electron chi connectivity index (χ0n) is 12.8. The summed E-state index contributed by atoms with van der Waals surface area (Å²) in [5.41, 5.74) is 2.46. The predicted molar refractivity (Wildman–Crippen MR) is 76.2 cm³/mol. The van der Waals surface area contributed by atoms with Gasteiger partial charge in [0.1, 0.15) is 12.4 Å². The molecule has 2 bridgehead atoms. The minimum atomic E-state index is -0.403. The second kappa shape index (κ2) is 4.52. The van der Waals surface area contributed by atoms with E-state index in [9.17, 15) is 9.59 Å². The van der Waals surface area contributed by atoms with Crippen LogP contribution in [-0.2, 0) is 14.3 Å². The Kier molecular flexibility index (Phi) is 3.16. The van der Waals surface area contributed by atoms with Gasteiger partial charge >= 0.3 is 0 Å². The van der Waals surface area contributed by atoms with Gasteiger partial charge < -0.3 is 4.74 Å². The molecule has 0 aromatic heterocycles. The van der Waals surface area contributed by atoms with Crippen LogP contribution in [0, 0.1) is 23.2 Å². The molecule has 5 atom stereocenters. The number of rotatable bonds is 2. The summed E-state index contributed by atoms with van der Waals surface area (Å²) in [6.45, 7) is 8.35. The van der Waals surface area contributed by atoms with Crippen molar-refractivity contribution in [1.82, 2.24) is 0 Å². The Morgan fingerprint density at radius 3 is 2.65 bits per heavy atom. The second-order valence-corrected chi connectivity index (χ2v) is 7.66. The van der Waals surface area contributed by atoms with Gasteiger partial charge in [-0.05, 0) is 49.0 Å². The van der Waals surface area contributed by atoms with E-state index < -0.39 is 6.10 Å². The number of hydrogen-bond donors (Lipinski definition) is 0. The largest absolute Gasteiger partial charge is 0.366 e. The lowest BCUT2D eigenvalue weighted by atomic mass is 9.83. The van der Waals surface area contributed by atoms with Crippen LogP contribution in [0.1, 0.15) is 47.0 Å². The van der Waals surface area contributed by atoms with E-state index in [0.29, 0.717) is 11.8 Å². The third-order valence-electron chi connectivity index (χ3n) is 5.58. The Morgan fingerprint density at radius 2 is 2.05 bits per heavy atom. The summed E-state index contributed by atoms with van der Waals surface area (Å²) in [7, 11) is 0. The molecule has 0 spiro atoms. The van der Waals surface area contributed by atoms with Crippen molar-refractivity contribution < 1.29 is 14.3 Å². The first kappa shape index (κ1) is 14.0. The van der Waals surface area contributed by atoms with E-state index in [1.165, 1.54) is 5.57 Å². The fourth-order valence-electron chi connectivity index (χ4n) is 4.64. The Hall–Kier alpha value is -0.960. The number of allylic oxidation sites excluding steroid dienone is 1. The van der Waals surface area contributed by atoms with Crippen LogP contribution in [-0.4, -0.2) is 24.3 Å². The van der Waals surface area contributed by atoms with Gasteiger partial charge in [0, 0.05) is 5.92 Å². The van der Waals surface area contributed by atoms with Crippen LogP contribution in [0.2, 0.25) is 0 Å². The van der Waals surface area contributed by atoms with Gasteiger partial charge in [0.2, 0.25) is 0 Å². The van der Waals surface area contributed by atoms with Gasteiger partial charge in [-0.25, -0.2) is 0 Å². The van der Waals surface area contributed by atoms with Crippen molar-refractivity contribution in [3.8, 4) is 0 Å². The minimum absolute atomic E-state index is 0.00801. The molecule has 110 valence electrons. The standard InChI is InChI=1S/C17H24O3/c1-9-12-6-17(3,4)7-13(12)14(8-18)11-5-15(9)20-16(11)10(2)19/h8-9,11-12,15-16H,5-7H2,1-4H3/t9-,11-,12+,15+,16+/m1/s1. The van der Waals surface area contributed by atoms with E-state index in [2.05, 4.69) is 20.8 Å². The lowest BCUT2D eigenvalue weighted by Gasteiger charge is -2.28. The molecule has 1 aliphatic heterocycles. The summed E-state index contributed by atoms with van der Waals surface area (Å²) in [6, 6.07) is 0. The number of Topliss-reactive ketones (excluding diaryl/α,β-unsaturated/α-hetero) is 1. The molecule has 0 N–H and O–H groups in total. The van der Waals surface area contributed by atoms with Gasteiger partial charge in [0.25, 0.3) is 0 Å². The number of carbonyl (C=O) groups is 2. The first-order valence-corrected chi connectivity index (χ1v) is 7.68. The van der Waals surface area contributed by atoms with Crippen molar-refractivity contribution in [3.63, 3.8) is 0 Å². The van der Waals surface area contributed by atoms with Crippen molar-refractivity contribution in [1.29, 1.82) is 0 Å². The first-order chi connectivity index (χ1) is 9.34. The second-order valence-electron chi connectivity index (χ2n) is 7.66.